The third-order valence-corrected chi connectivity index (χ3v) is 4.55. The van der Waals surface area contributed by atoms with Crippen LogP contribution in [0.2, 0.25) is 0 Å². The molecule has 126 valence electrons. The average molecular weight is 327 g/mol. The maximum atomic E-state index is 12.7. The predicted molar refractivity (Wildman–Crippen MR) is 88.7 cm³/mol. The largest absolute Gasteiger partial charge is 0.357 e. The third-order valence-electron chi connectivity index (χ3n) is 4.55. The third kappa shape index (κ3) is 3.15. The smallest absolute Gasteiger partial charge is 0.252 e. The Balaban J connectivity index is 1.83. The van der Waals surface area contributed by atoms with E-state index in [9.17, 15) is 9.59 Å². The Kier molecular flexibility index (Phi) is 4.59. The predicted octanol–water partition coefficient (Wildman–Crippen LogP) is 1.45. The second-order valence-electron chi connectivity index (χ2n) is 6.10. The van der Waals surface area contributed by atoms with Crippen LogP contribution in [0.4, 0.5) is 0 Å². The maximum absolute atomic E-state index is 12.7. The van der Waals surface area contributed by atoms with Gasteiger partial charge in [0.05, 0.1) is 0 Å². The van der Waals surface area contributed by atoms with Gasteiger partial charge in [-0.1, -0.05) is 25.3 Å². The molecule has 0 spiro atoms. The molecule has 1 fully saturated rings. The summed E-state index contributed by atoms with van der Waals surface area (Å²) in [6.07, 6.45) is 7.46. The number of nitrogens with zero attached hydrogens (tertiary/aromatic N) is 3. The summed E-state index contributed by atoms with van der Waals surface area (Å²) in [5.41, 5.74) is 0.497. The molecule has 1 aliphatic rings. The Hall–Kier alpha value is -2.70. The van der Waals surface area contributed by atoms with E-state index in [1.807, 2.05) is 6.07 Å². The van der Waals surface area contributed by atoms with E-state index in [0.717, 1.165) is 24.9 Å². The van der Waals surface area contributed by atoms with Crippen LogP contribution in [0.25, 0.3) is 5.69 Å². The fraction of sp³-hybridized carbons (Fsp3) is 0.412. The summed E-state index contributed by atoms with van der Waals surface area (Å²) in [5, 5.41) is 13.2. The number of nitrogens with one attached hydrogen (secondary N) is 2. The number of hydrogen-bond donors (Lipinski definition) is 2. The summed E-state index contributed by atoms with van der Waals surface area (Å²) in [5.74, 6) is -0.360. The van der Waals surface area contributed by atoms with Gasteiger partial charge >= 0.3 is 0 Å². The number of hydrogen-bond acceptors (Lipinski definition) is 4. The van der Waals surface area contributed by atoms with Crippen molar-refractivity contribution >= 4 is 11.8 Å². The van der Waals surface area contributed by atoms with Crippen molar-refractivity contribution in [1.82, 2.24) is 25.4 Å². The molecule has 1 aromatic carbocycles. The molecule has 24 heavy (non-hydrogen) atoms. The lowest BCUT2D eigenvalue weighted by Gasteiger charge is -2.36. The highest BCUT2D eigenvalue weighted by atomic mass is 16.2. The minimum absolute atomic E-state index is 0.120. The molecule has 1 saturated carbocycles. The van der Waals surface area contributed by atoms with Gasteiger partial charge in [0, 0.05) is 18.3 Å². The van der Waals surface area contributed by atoms with Crippen molar-refractivity contribution < 1.29 is 9.59 Å². The Labute approximate surface area is 140 Å². The van der Waals surface area contributed by atoms with Gasteiger partial charge in [-0.25, -0.2) is 0 Å². The van der Waals surface area contributed by atoms with Crippen LogP contribution in [0.5, 0.6) is 0 Å². The first-order valence-electron chi connectivity index (χ1n) is 8.14. The lowest BCUT2D eigenvalue weighted by molar-refractivity contribution is -0.128. The summed E-state index contributed by atoms with van der Waals surface area (Å²) >= 11 is 0. The Bertz CT molecular complexity index is 720. The van der Waals surface area contributed by atoms with Crippen molar-refractivity contribution in [2.24, 2.45) is 0 Å². The standard InChI is InChI=1S/C17H21N5O2/c1-18-16(24)17(8-3-2-4-9-17)21-15(23)13-6-5-7-14(10-13)22-11-19-20-12-22/h5-7,10-12H,2-4,8-9H2,1H3,(H,18,24)(H,21,23). The van der Waals surface area contributed by atoms with Crippen LogP contribution in [-0.2, 0) is 4.79 Å². The molecule has 1 aromatic heterocycles. The molecule has 1 aliphatic carbocycles. The number of aromatic nitrogens is 3. The molecule has 0 saturated heterocycles. The van der Waals surface area contributed by atoms with Gasteiger partial charge < -0.3 is 10.6 Å². The first kappa shape index (κ1) is 16.2. The van der Waals surface area contributed by atoms with Crippen LogP contribution < -0.4 is 10.6 Å². The van der Waals surface area contributed by atoms with Crippen LogP contribution in [-0.4, -0.2) is 39.2 Å². The summed E-state index contributed by atoms with van der Waals surface area (Å²) in [4.78, 5) is 25.1. The molecule has 7 nitrogen and oxygen atoms in total. The van der Waals surface area contributed by atoms with Crippen molar-refractivity contribution in [3.05, 3.63) is 42.5 Å². The Morgan fingerprint density at radius 1 is 1.12 bits per heavy atom. The molecule has 0 radical (unpaired) electrons. The highest BCUT2D eigenvalue weighted by Crippen LogP contribution is 2.29. The molecule has 0 bridgehead atoms. The normalized spacial score (nSPS) is 16.4. The number of rotatable bonds is 4. The lowest BCUT2D eigenvalue weighted by Crippen LogP contribution is -2.59. The molecule has 0 aliphatic heterocycles. The first-order chi connectivity index (χ1) is 11.6. The zero-order valence-corrected chi connectivity index (χ0v) is 13.7. The van der Waals surface area contributed by atoms with E-state index in [1.165, 1.54) is 0 Å². The maximum Gasteiger partial charge on any atom is 0.252 e. The topological polar surface area (TPSA) is 88.9 Å². The van der Waals surface area contributed by atoms with Crippen molar-refractivity contribution in [3.8, 4) is 5.69 Å². The fourth-order valence-corrected chi connectivity index (χ4v) is 3.23. The molecular weight excluding hydrogens is 306 g/mol. The monoisotopic (exact) mass is 327 g/mol. The van der Waals surface area contributed by atoms with Crippen molar-refractivity contribution in [3.63, 3.8) is 0 Å². The Morgan fingerprint density at radius 2 is 1.83 bits per heavy atom. The summed E-state index contributed by atoms with van der Waals surface area (Å²) < 4.78 is 1.73. The van der Waals surface area contributed by atoms with Crippen molar-refractivity contribution in [1.29, 1.82) is 0 Å². The van der Waals surface area contributed by atoms with E-state index >= 15 is 0 Å². The van der Waals surface area contributed by atoms with E-state index in [1.54, 1.807) is 42.5 Å². The van der Waals surface area contributed by atoms with Crippen LogP contribution in [0.15, 0.2) is 36.9 Å². The molecule has 0 unspecified atom stereocenters. The first-order valence-corrected chi connectivity index (χ1v) is 8.14. The Morgan fingerprint density at radius 3 is 2.50 bits per heavy atom. The molecular formula is C17H21N5O2. The zero-order chi connectivity index (χ0) is 17.0. The van der Waals surface area contributed by atoms with Gasteiger partial charge in [-0.2, -0.15) is 0 Å². The van der Waals surface area contributed by atoms with Crippen LogP contribution in [0.1, 0.15) is 42.5 Å². The molecule has 2 amide bonds. The summed E-state index contributed by atoms with van der Waals surface area (Å²) in [6, 6.07) is 7.18. The summed E-state index contributed by atoms with van der Waals surface area (Å²) in [7, 11) is 1.61. The second-order valence-corrected chi connectivity index (χ2v) is 6.10. The van der Waals surface area contributed by atoms with Gasteiger partial charge in [0.15, 0.2) is 0 Å². The van der Waals surface area contributed by atoms with Gasteiger partial charge in [-0.3, -0.25) is 14.2 Å². The average Bonchev–Trinajstić information content (AvgIpc) is 3.16. The summed E-state index contributed by atoms with van der Waals surface area (Å²) in [6.45, 7) is 0. The second kappa shape index (κ2) is 6.82. The van der Waals surface area contributed by atoms with Gasteiger partial charge in [0.25, 0.3) is 5.91 Å². The molecule has 3 rings (SSSR count). The van der Waals surface area contributed by atoms with E-state index < -0.39 is 5.54 Å². The minimum Gasteiger partial charge on any atom is -0.357 e. The van der Waals surface area contributed by atoms with Crippen LogP contribution >= 0.6 is 0 Å². The van der Waals surface area contributed by atoms with Crippen LogP contribution in [0, 0.1) is 0 Å². The van der Waals surface area contributed by atoms with Crippen molar-refractivity contribution in [2.45, 2.75) is 37.6 Å². The van der Waals surface area contributed by atoms with Crippen molar-refractivity contribution in [2.75, 3.05) is 7.05 Å². The van der Waals surface area contributed by atoms with E-state index in [-0.39, 0.29) is 11.8 Å². The fourth-order valence-electron chi connectivity index (χ4n) is 3.23. The number of benzene rings is 1. The number of amides is 2. The SMILES string of the molecule is CNC(=O)C1(NC(=O)c2cccc(-n3cnnc3)c2)CCCCC1. The number of carbonyl (C=O) groups is 2. The van der Waals surface area contributed by atoms with Crippen LogP contribution in [0.3, 0.4) is 0 Å². The molecule has 0 atom stereocenters. The highest BCUT2D eigenvalue weighted by Gasteiger charge is 2.40. The number of carbonyl (C=O) groups excluding carboxylic acids is 2. The van der Waals surface area contributed by atoms with E-state index in [2.05, 4.69) is 20.8 Å². The molecule has 1 heterocycles. The van der Waals surface area contributed by atoms with Gasteiger partial charge in [0.1, 0.15) is 18.2 Å². The highest BCUT2D eigenvalue weighted by molar-refractivity contribution is 5.99. The minimum atomic E-state index is -0.809. The van der Waals surface area contributed by atoms with Gasteiger partial charge in [-0.15, -0.1) is 10.2 Å². The van der Waals surface area contributed by atoms with E-state index in [4.69, 9.17) is 0 Å². The van der Waals surface area contributed by atoms with E-state index in [0.29, 0.717) is 18.4 Å². The zero-order valence-electron chi connectivity index (χ0n) is 13.7. The number of likely N-dealkylation sites (N-methyl/N-ethyl adjacent to an activating group) is 1. The van der Waals surface area contributed by atoms with Gasteiger partial charge in [-0.05, 0) is 31.0 Å². The van der Waals surface area contributed by atoms with Gasteiger partial charge in [0.2, 0.25) is 5.91 Å². The quantitative estimate of drug-likeness (QED) is 0.889. The molecule has 2 N–H and O–H groups in total. The lowest BCUT2D eigenvalue weighted by atomic mass is 9.80. The molecule has 2 aromatic rings. The molecule has 7 heteroatoms.